The van der Waals surface area contributed by atoms with E-state index in [-0.39, 0.29) is 0 Å². The molecule has 2 fully saturated rings. The molecule has 1 aliphatic carbocycles. The van der Waals surface area contributed by atoms with Crippen molar-refractivity contribution in [2.24, 2.45) is 13.0 Å². The smallest absolute Gasteiger partial charge is 0.137 e. The second-order valence-electron chi connectivity index (χ2n) is 6.34. The summed E-state index contributed by atoms with van der Waals surface area (Å²) >= 11 is 0. The second-order valence-corrected chi connectivity index (χ2v) is 6.34. The molecule has 3 rings (SSSR count). The van der Waals surface area contributed by atoms with Crippen molar-refractivity contribution in [3.8, 4) is 0 Å². The minimum Gasteiger partial charge on any atom is -0.299 e. The minimum atomic E-state index is 0.320. The first-order valence-corrected chi connectivity index (χ1v) is 7.98. The molecule has 0 spiro atoms. The van der Waals surface area contributed by atoms with Crippen LogP contribution in [0, 0.1) is 5.92 Å². The number of hydrogen-bond donors (Lipinski definition) is 0. The van der Waals surface area contributed by atoms with Crippen LogP contribution < -0.4 is 0 Å². The van der Waals surface area contributed by atoms with Gasteiger partial charge in [0.15, 0.2) is 0 Å². The first-order chi connectivity index (χ1) is 9.74. The molecule has 1 aromatic rings. The van der Waals surface area contributed by atoms with E-state index in [2.05, 4.69) is 16.2 Å². The Labute approximate surface area is 121 Å². The number of carbonyl (C=O) groups is 1. The summed E-state index contributed by atoms with van der Waals surface area (Å²) in [5, 5.41) is 4.23. The zero-order valence-electron chi connectivity index (χ0n) is 12.4. The maximum atomic E-state index is 12.2. The van der Waals surface area contributed by atoms with E-state index in [1.165, 1.54) is 24.8 Å². The Morgan fingerprint density at radius 1 is 1.30 bits per heavy atom. The van der Waals surface area contributed by atoms with E-state index in [4.69, 9.17) is 0 Å². The summed E-state index contributed by atoms with van der Waals surface area (Å²) in [6.45, 7) is 2.23. The number of aromatic nitrogens is 2. The number of Topliss-reactive ketones (excluding diaryl/α,β-unsaturated/α-hetero) is 1. The molecule has 2 heterocycles. The lowest BCUT2D eigenvalue weighted by Gasteiger charge is -2.33. The van der Waals surface area contributed by atoms with E-state index in [9.17, 15) is 4.79 Å². The summed E-state index contributed by atoms with van der Waals surface area (Å²) in [5.74, 6) is 0.842. The van der Waals surface area contributed by atoms with Gasteiger partial charge in [-0.15, -0.1) is 0 Å². The second kappa shape index (κ2) is 6.08. The molecule has 0 N–H and O–H groups in total. The summed E-state index contributed by atoms with van der Waals surface area (Å²) in [5.41, 5.74) is 1.30. The van der Waals surface area contributed by atoms with Gasteiger partial charge in [-0.3, -0.25) is 14.4 Å². The van der Waals surface area contributed by atoms with Gasteiger partial charge < -0.3 is 0 Å². The summed E-state index contributed by atoms with van der Waals surface area (Å²) in [6.07, 6.45) is 11.8. The molecule has 0 bridgehead atoms. The van der Waals surface area contributed by atoms with Crippen molar-refractivity contribution >= 4 is 5.78 Å². The van der Waals surface area contributed by atoms with Crippen molar-refractivity contribution in [2.45, 2.75) is 51.0 Å². The van der Waals surface area contributed by atoms with E-state index >= 15 is 0 Å². The highest BCUT2D eigenvalue weighted by molar-refractivity contribution is 5.82. The summed E-state index contributed by atoms with van der Waals surface area (Å²) in [7, 11) is 1.96. The van der Waals surface area contributed by atoms with Crippen LogP contribution in [0.5, 0.6) is 0 Å². The van der Waals surface area contributed by atoms with Crippen LogP contribution in [-0.2, 0) is 18.3 Å². The highest BCUT2D eigenvalue weighted by atomic mass is 16.1. The molecule has 1 aliphatic heterocycles. The van der Waals surface area contributed by atoms with Gasteiger partial charge in [-0.05, 0) is 44.2 Å². The first-order valence-electron chi connectivity index (χ1n) is 7.98. The molecule has 1 saturated carbocycles. The SMILES string of the molecule is Cn1cc(CCN2CCCC2C2CCCCC2=O)cn1. The molecule has 0 amide bonds. The number of nitrogens with zero attached hydrogens (tertiary/aromatic N) is 3. The fraction of sp³-hybridized carbons (Fsp3) is 0.750. The Hall–Kier alpha value is -1.16. The van der Waals surface area contributed by atoms with Gasteiger partial charge in [-0.1, -0.05) is 6.42 Å². The molecule has 2 atom stereocenters. The van der Waals surface area contributed by atoms with Crippen LogP contribution in [0.3, 0.4) is 0 Å². The zero-order chi connectivity index (χ0) is 13.9. The average molecular weight is 275 g/mol. The van der Waals surface area contributed by atoms with E-state index in [1.807, 2.05) is 17.9 Å². The van der Waals surface area contributed by atoms with Crippen LogP contribution in [0.1, 0.15) is 44.1 Å². The van der Waals surface area contributed by atoms with Crippen molar-refractivity contribution < 1.29 is 4.79 Å². The molecule has 1 aromatic heterocycles. The summed E-state index contributed by atoms with van der Waals surface area (Å²) in [6, 6.07) is 0.513. The van der Waals surface area contributed by atoms with Gasteiger partial charge in [-0.25, -0.2) is 0 Å². The van der Waals surface area contributed by atoms with Crippen molar-refractivity contribution in [3.05, 3.63) is 18.0 Å². The molecular formula is C16H25N3O. The number of likely N-dealkylation sites (tertiary alicyclic amines) is 1. The molecule has 0 radical (unpaired) electrons. The predicted octanol–water partition coefficient (Wildman–Crippen LogP) is 2.19. The van der Waals surface area contributed by atoms with Gasteiger partial charge in [0.2, 0.25) is 0 Å². The van der Waals surface area contributed by atoms with Gasteiger partial charge in [0.25, 0.3) is 0 Å². The normalized spacial score (nSPS) is 28.1. The number of ketones is 1. The topological polar surface area (TPSA) is 38.1 Å². The lowest BCUT2D eigenvalue weighted by molar-refractivity contribution is -0.126. The van der Waals surface area contributed by atoms with Crippen molar-refractivity contribution in [1.29, 1.82) is 0 Å². The van der Waals surface area contributed by atoms with E-state index in [1.54, 1.807) is 0 Å². The molecule has 2 unspecified atom stereocenters. The highest BCUT2D eigenvalue weighted by Crippen LogP contribution is 2.32. The highest BCUT2D eigenvalue weighted by Gasteiger charge is 2.36. The standard InChI is InChI=1S/C16H25N3O/c1-18-12-13(11-17-18)8-10-19-9-4-6-15(19)14-5-2-3-7-16(14)20/h11-12,14-15H,2-10H2,1H3. The average Bonchev–Trinajstić information content (AvgIpc) is 3.06. The third kappa shape index (κ3) is 2.95. The van der Waals surface area contributed by atoms with Crippen LogP contribution in [0.25, 0.3) is 0 Å². The van der Waals surface area contributed by atoms with E-state index in [0.29, 0.717) is 17.7 Å². The maximum absolute atomic E-state index is 12.2. The number of hydrogen-bond acceptors (Lipinski definition) is 3. The Morgan fingerprint density at radius 2 is 2.20 bits per heavy atom. The number of aryl methyl sites for hydroxylation is 1. The molecule has 110 valence electrons. The third-order valence-electron chi connectivity index (χ3n) is 4.93. The van der Waals surface area contributed by atoms with Crippen LogP contribution in [-0.4, -0.2) is 39.6 Å². The van der Waals surface area contributed by atoms with Gasteiger partial charge in [0.05, 0.1) is 6.20 Å². The molecule has 4 nitrogen and oxygen atoms in total. The Kier molecular flexibility index (Phi) is 4.20. The fourth-order valence-electron chi connectivity index (χ4n) is 3.88. The summed E-state index contributed by atoms with van der Waals surface area (Å²) < 4.78 is 1.86. The minimum absolute atomic E-state index is 0.320. The van der Waals surface area contributed by atoms with Crippen LogP contribution >= 0.6 is 0 Å². The lowest BCUT2D eigenvalue weighted by atomic mass is 9.82. The molecule has 1 saturated heterocycles. The quantitative estimate of drug-likeness (QED) is 0.845. The van der Waals surface area contributed by atoms with E-state index < -0.39 is 0 Å². The molecule has 20 heavy (non-hydrogen) atoms. The van der Waals surface area contributed by atoms with Crippen molar-refractivity contribution in [1.82, 2.24) is 14.7 Å². The molecule has 4 heteroatoms. The van der Waals surface area contributed by atoms with Crippen LogP contribution in [0.15, 0.2) is 12.4 Å². The van der Waals surface area contributed by atoms with Gasteiger partial charge in [0, 0.05) is 38.2 Å². The zero-order valence-corrected chi connectivity index (χ0v) is 12.4. The van der Waals surface area contributed by atoms with Gasteiger partial charge >= 0.3 is 0 Å². The third-order valence-corrected chi connectivity index (χ3v) is 4.93. The summed E-state index contributed by atoms with van der Waals surface area (Å²) in [4.78, 5) is 14.7. The number of carbonyl (C=O) groups excluding carboxylic acids is 1. The molecule has 0 aromatic carbocycles. The van der Waals surface area contributed by atoms with Crippen molar-refractivity contribution in [3.63, 3.8) is 0 Å². The predicted molar refractivity (Wildman–Crippen MR) is 78.5 cm³/mol. The Balaban J connectivity index is 1.59. The van der Waals surface area contributed by atoms with Crippen LogP contribution in [0.2, 0.25) is 0 Å². The lowest BCUT2D eigenvalue weighted by Crippen LogP contribution is -2.41. The Morgan fingerprint density at radius 3 is 2.95 bits per heavy atom. The monoisotopic (exact) mass is 275 g/mol. The fourth-order valence-corrected chi connectivity index (χ4v) is 3.88. The number of rotatable bonds is 4. The van der Waals surface area contributed by atoms with Crippen molar-refractivity contribution in [2.75, 3.05) is 13.1 Å². The maximum Gasteiger partial charge on any atom is 0.137 e. The molecule has 2 aliphatic rings. The van der Waals surface area contributed by atoms with Gasteiger partial charge in [0.1, 0.15) is 5.78 Å². The van der Waals surface area contributed by atoms with Crippen LogP contribution in [0.4, 0.5) is 0 Å². The largest absolute Gasteiger partial charge is 0.299 e. The Bertz CT molecular complexity index is 468. The first kappa shape index (κ1) is 13.8. The van der Waals surface area contributed by atoms with E-state index in [0.717, 1.165) is 38.8 Å². The molecular weight excluding hydrogens is 250 g/mol. The van der Waals surface area contributed by atoms with Gasteiger partial charge in [-0.2, -0.15) is 5.10 Å².